The second-order valence-electron chi connectivity index (χ2n) is 6.17. The van der Waals surface area contributed by atoms with E-state index in [1.54, 1.807) is 18.7 Å². The Morgan fingerprint density at radius 1 is 1.14 bits per heavy atom. The molecule has 152 valence electrons. The molecule has 0 bridgehead atoms. The van der Waals surface area contributed by atoms with Crippen molar-refractivity contribution in [3.05, 3.63) is 46.7 Å². The minimum absolute atomic E-state index is 0.108. The quantitative estimate of drug-likeness (QED) is 0.307. The van der Waals surface area contributed by atoms with Gasteiger partial charge in [-0.3, -0.25) is 0 Å². The molecule has 0 N–H and O–H groups in total. The molecule has 2 rings (SSSR count). The molecule has 0 atom stereocenters. The molecule has 0 saturated carbocycles. The summed E-state index contributed by atoms with van der Waals surface area (Å²) in [5.74, 6) is -2.81. The third kappa shape index (κ3) is 5.15. The van der Waals surface area contributed by atoms with Crippen molar-refractivity contribution in [1.29, 1.82) is 0 Å². The van der Waals surface area contributed by atoms with Crippen LogP contribution in [0.4, 0.5) is 8.78 Å². The van der Waals surface area contributed by atoms with Crippen molar-refractivity contribution in [2.45, 2.75) is 40.2 Å². The maximum atomic E-state index is 14.0. The highest BCUT2D eigenvalue weighted by Gasteiger charge is 2.26. The summed E-state index contributed by atoms with van der Waals surface area (Å²) in [7, 11) is 0. The Balaban J connectivity index is 2.32. The molecule has 28 heavy (non-hydrogen) atoms. The zero-order chi connectivity index (χ0) is 20.7. The molecule has 0 radical (unpaired) electrons. The molecule has 1 aromatic rings. The Bertz CT molecular complexity index is 785. The lowest BCUT2D eigenvalue weighted by Crippen LogP contribution is -2.26. The van der Waals surface area contributed by atoms with Gasteiger partial charge in [0.2, 0.25) is 0 Å². The number of hydrogen-bond acceptors (Lipinski definition) is 5. The van der Waals surface area contributed by atoms with Gasteiger partial charge >= 0.3 is 11.9 Å². The van der Waals surface area contributed by atoms with Crippen molar-refractivity contribution < 1.29 is 27.8 Å². The van der Waals surface area contributed by atoms with E-state index in [1.807, 2.05) is 0 Å². The van der Waals surface area contributed by atoms with Crippen LogP contribution in [0, 0.1) is 11.6 Å². The van der Waals surface area contributed by atoms with Gasteiger partial charge in [0.05, 0.1) is 18.9 Å². The number of hydrogen-bond donors (Lipinski definition) is 0. The van der Waals surface area contributed by atoms with Crippen LogP contribution in [-0.4, -0.2) is 42.4 Å². The third-order valence-electron chi connectivity index (χ3n) is 4.20. The van der Waals surface area contributed by atoms with Crippen LogP contribution in [0.15, 0.2) is 34.5 Å². The standard InChI is InChI=1S/C20H24F2N2O4/c1-4-27-19(25)17(20(26)28-5-2)13(3)23-16-10-7-11-24(16)12-14-8-6-9-15(21)18(14)22/h6,8-9H,4-5,7,10-12H2,1-3H3/b23-16+. The maximum Gasteiger partial charge on any atom is 0.347 e. The molecule has 6 nitrogen and oxygen atoms in total. The van der Waals surface area contributed by atoms with E-state index in [9.17, 15) is 18.4 Å². The Morgan fingerprint density at radius 2 is 1.79 bits per heavy atom. The monoisotopic (exact) mass is 394 g/mol. The number of halogens is 2. The number of nitrogens with zero attached hydrogens (tertiary/aromatic N) is 2. The normalized spacial score (nSPS) is 14.9. The van der Waals surface area contributed by atoms with Gasteiger partial charge in [-0.25, -0.2) is 23.4 Å². The smallest absolute Gasteiger partial charge is 0.347 e. The lowest BCUT2D eigenvalue weighted by Gasteiger charge is -2.20. The van der Waals surface area contributed by atoms with E-state index in [-0.39, 0.29) is 36.6 Å². The van der Waals surface area contributed by atoms with Crippen LogP contribution >= 0.6 is 0 Å². The summed E-state index contributed by atoms with van der Waals surface area (Å²) in [4.78, 5) is 30.6. The summed E-state index contributed by atoms with van der Waals surface area (Å²) in [6, 6.07) is 4.03. The first-order chi connectivity index (χ1) is 13.4. The molecule has 0 spiro atoms. The number of amidine groups is 1. The number of aliphatic imine (C=N–C) groups is 1. The summed E-state index contributed by atoms with van der Waals surface area (Å²) in [6.07, 6.45) is 1.37. The van der Waals surface area contributed by atoms with Crippen LogP contribution < -0.4 is 0 Å². The number of allylic oxidation sites excluding steroid dienone is 1. The van der Waals surface area contributed by atoms with Gasteiger partial charge in [-0.2, -0.15) is 0 Å². The molecule has 1 heterocycles. The first kappa shape index (κ1) is 21.5. The predicted molar refractivity (Wildman–Crippen MR) is 99.4 cm³/mol. The van der Waals surface area contributed by atoms with Gasteiger partial charge in [0.15, 0.2) is 17.2 Å². The van der Waals surface area contributed by atoms with E-state index in [0.717, 1.165) is 12.5 Å². The molecule has 0 unspecified atom stereocenters. The molecule has 8 heteroatoms. The van der Waals surface area contributed by atoms with Gasteiger partial charge in [0.25, 0.3) is 0 Å². The van der Waals surface area contributed by atoms with Crippen LogP contribution in [0.2, 0.25) is 0 Å². The second-order valence-corrected chi connectivity index (χ2v) is 6.17. The largest absolute Gasteiger partial charge is 0.462 e. The molecule has 1 fully saturated rings. The number of ether oxygens (including phenoxy) is 2. The Morgan fingerprint density at radius 3 is 2.39 bits per heavy atom. The molecule has 0 aromatic heterocycles. The van der Waals surface area contributed by atoms with Crippen LogP contribution in [0.5, 0.6) is 0 Å². The summed E-state index contributed by atoms with van der Waals surface area (Å²) in [5.41, 5.74) is 0.116. The molecule has 1 aliphatic rings. The average molecular weight is 394 g/mol. The van der Waals surface area contributed by atoms with Gasteiger partial charge in [0.1, 0.15) is 5.84 Å². The fraction of sp³-hybridized carbons (Fsp3) is 0.450. The van der Waals surface area contributed by atoms with Crippen LogP contribution in [0.25, 0.3) is 0 Å². The van der Waals surface area contributed by atoms with Crippen molar-refractivity contribution >= 4 is 17.8 Å². The second kappa shape index (κ2) is 9.96. The lowest BCUT2D eigenvalue weighted by atomic mass is 10.2. The molecule has 1 aliphatic heterocycles. The minimum atomic E-state index is -0.904. The van der Waals surface area contributed by atoms with Gasteiger partial charge in [0, 0.05) is 25.1 Å². The number of benzene rings is 1. The SMILES string of the molecule is CCOC(=O)C(C(=O)OCC)=C(C)/N=C1\CCCN1Cc1cccc(F)c1F. The van der Waals surface area contributed by atoms with E-state index in [4.69, 9.17) is 9.47 Å². The van der Waals surface area contributed by atoms with Crippen LogP contribution in [0.3, 0.4) is 0 Å². The first-order valence-electron chi connectivity index (χ1n) is 9.19. The number of likely N-dealkylation sites (tertiary alicyclic amines) is 1. The van der Waals surface area contributed by atoms with E-state index in [1.165, 1.54) is 19.1 Å². The molecule has 0 amide bonds. The predicted octanol–water partition coefficient (Wildman–Crippen LogP) is 3.36. The van der Waals surface area contributed by atoms with Gasteiger partial charge in [-0.15, -0.1) is 0 Å². The summed E-state index contributed by atoms with van der Waals surface area (Å²) in [5, 5.41) is 0. The fourth-order valence-corrected chi connectivity index (χ4v) is 2.92. The highest BCUT2D eigenvalue weighted by atomic mass is 19.2. The lowest BCUT2D eigenvalue weighted by molar-refractivity contribution is -0.146. The van der Waals surface area contributed by atoms with Crippen molar-refractivity contribution in [3.63, 3.8) is 0 Å². The summed E-state index contributed by atoms with van der Waals surface area (Å²) in [6.45, 7) is 5.75. The minimum Gasteiger partial charge on any atom is -0.462 e. The van der Waals surface area contributed by atoms with E-state index in [0.29, 0.717) is 18.8 Å². The van der Waals surface area contributed by atoms with Crippen molar-refractivity contribution in [2.24, 2.45) is 4.99 Å². The van der Waals surface area contributed by atoms with Gasteiger partial charge in [-0.05, 0) is 33.3 Å². The van der Waals surface area contributed by atoms with Crippen molar-refractivity contribution in [2.75, 3.05) is 19.8 Å². The van der Waals surface area contributed by atoms with Crippen molar-refractivity contribution in [1.82, 2.24) is 4.90 Å². The number of esters is 2. The topological polar surface area (TPSA) is 68.2 Å². The average Bonchev–Trinajstić information content (AvgIpc) is 3.06. The number of carbonyl (C=O) groups is 2. The Kier molecular flexibility index (Phi) is 7.66. The maximum absolute atomic E-state index is 14.0. The summed E-state index contributed by atoms with van der Waals surface area (Å²) >= 11 is 0. The molecular weight excluding hydrogens is 370 g/mol. The van der Waals surface area contributed by atoms with E-state index >= 15 is 0 Å². The first-order valence-corrected chi connectivity index (χ1v) is 9.19. The molecule has 1 saturated heterocycles. The Labute approximate surface area is 162 Å². The molecule has 1 aromatic carbocycles. The van der Waals surface area contributed by atoms with E-state index < -0.39 is 23.6 Å². The molecule has 0 aliphatic carbocycles. The van der Waals surface area contributed by atoms with Gasteiger partial charge in [-0.1, -0.05) is 12.1 Å². The number of carbonyl (C=O) groups excluding carboxylic acids is 2. The molecular formula is C20H24F2N2O4. The summed E-state index contributed by atoms with van der Waals surface area (Å²) < 4.78 is 37.3. The van der Waals surface area contributed by atoms with Crippen LogP contribution in [0.1, 0.15) is 39.2 Å². The zero-order valence-electron chi connectivity index (χ0n) is 16.3. The Hall–Kier alpha value is -2.77. The van der Waals surface area contributed by atoms with Crippen LogP contribution in [-0.2, 0) is 25.6 Å². The zero-order valence-corrected chi connectivity index (χ0v) is 16.3. The fourth-order valence-electron chi connectivity index (χ4n) is 2.92. The highest BCUT2D eigenvalue weighted by Crippen LogP contribution is 2.21. The third-order valence-corrected chi connectivity index (χ3v) is 4.20. The van der Waals surface area contributed by atoms with E-state index in [2.05, 4.69) is 4.99 Å². The highest BCUT2D eigenvalue weighted by molar-refractivity contribution is 6.14. The van der Waals surface area contributed by atoms with Crippen molar-refractivity contribution in [3.8, 4) is 0 Å². The van der Waals surface area contributed by atoms with Gasteiger partial charge < -0.3 is 14.4 Å². The number of rotatable bonds is 7.